The Kier molecular flexibility index (Phi) is 5.21. The first-order chi connectivity index (χ1) is 17.6. The van der Waals surface area contributed by atoms with Crippen LogP contribution in [0.4, 0.5) is 5.82 Å². The molecule has 1 aliphatic carbocycles. The van der Waals surface area contributed by atoms with Gasteiger partial charge in [0.25, 0.3) is 0 Å². The first kappa shape index (κ1) is 22.4. The second kappa shape index (κ2) is 8.37. The van der Waals surface area contributed by atoms with Crippen LogP contribution in [0.15, 0.2) is 70.6 Å². The van der Waals surface area contributed by atoms with Gasteiger partial charge in [0.05, 0.1) is 16.1 Å². The number of benzene rings is 2. The van der Waals surface area contributed by atoms with Crippen molar-refractivity contribution < 1.29 is 0 Å². The summed E-state index contributed by atoms with van der Waals surface area (Å²) < 4.78 is 2.19. The third kappa shape index (κ3) is 3.28. The number of anilines is 1. The largest absolute Gasteiger partial charge is 0.355 e. The summed E-state index contributed by atoms with van der Waals surface area (Å²) in [5.74, 6) is 1.03. The average molecular weight is 514 g/mol. The van der Waals surface area contributed by atoms with E-state index in [4.69, 9.17) is 27.3 Å². The smallest absolute Gasteiger partial charge is 0.157 e. The number of hydrogen-bond donors (Lipinski definition) is 1. The molecule has 5 aromatic rings. The van der Waals surface area contributed by atoms with E-state index < -0.39 is 0 Å². The van der Waals surface area contributed by atoms with Crippen LogP contribution in [-0.4, -0.2) is 27.5 Å². The highest BCUT2D eigenvalue weighted by Crippen LogP contribution is 2.51. The Morgan fingerprint density at radius 1 is 1.06 bits per heavy atom. The van der Waals surface area contributed by atoms with Crippen LogP contribution < -0.4 is 10.6 Å². The maximum absolute atomic E-state index is 6.80. The minimum Gasteiger partial charge on any atom is -0.355 e. The number of nitrogens with zero attached hydrogens (tertiary/aromatic N) is 4. The van der Waals surface area contributed by atoms with Gasteiger partial charge in [0.15, 0.2) is 11.5 Å². The van der Waals surface area contributed by atoms with Crippen LogP contribution in [0.2, 0.25) is 5.02 Å². The molecule has 0 amide bonds. The van der Waals surface area contributed by atoms with Crippen molar-refractivity contribution in [2.24, 2.45) is 11.1 Å². The number of aryl methyl sites for hydroxylation is 1. The van der Waals surface area contributed by atoms with Crippen molar-refractivity contribution in [2.45, 2.75) is 48.4 Å². The number of pyridine rings is 1. The van der Waals surface area contributed by atoms with Crippen LogP contribution in [0, 0.1) is 5.41 Å². The Hall–Kier alpha value is -2.80. The molecule has 5 nitrogen and oxygen atoms in total. The lowest BCUT2D eigenvalue weighted by molar-refractivity contribution is 0.187. The Labute approximate surface area is 220 Å². The van der Waals surface area contributed by atoms with Gasteiger partial charge in [-0.25, -0.2) is 9.97 Å². The van der Waals surface area contributed by atoms with Crippen LogP contribution >= 0.6 is 23.4 Å². The average Bonchev–Trinajstić information content (AvgIpc) is 3.58. The van der Waals surface area contributed by atoms with Crippen LogP contribution in [-0.2, 0) is 12.8 Å². The molecule has 4 heterocycles. The molecule has 1 atom stereocenters. The molecule has 1 spiro atoms. The van der Waals surface area contributed by atoms with Gasteiger partial charge in [-0.2, -0.15) is 0 Å². The standard InChI is InChI=1S/C29H28ClN5S/c1-2-18-7-5-9-22(25(18)30)36-23-10-11-24-33-27(21-17-32-28(23)35(21)24)34-14-12-29(13-15-34)16-19-6-3-4-8-20(19)26(29)31/h3-11,17,26H,2,12-16,31H2,1H3. The molecule has 2 aliphatic rings. The zero-order chi connectivity index (χ0) is 24.4. The number of halogens is 1. The van der Waals surface area contributed by atoms with Crippen molar-refractivity contribution in [1.29, 1.82) is 0 Å². The molecule has 0 bridgehead atoms. The fourth-order valence-electron chi connectivity index (χ4n) is 6.28. The first-order valence-electron chi connectivity index (χ1n) is 12.7. The molecule has 182 valence electrons. The van der Waals surface area contributed by atoms with E-state index in [1.165, 1.54) is 16.7 Å². The summed E-state index contributed by atoms with van der Waals surface area (Å²) in [6, 6.07) is 19.3. The lowest BCUT2D eigenvalue weighted by atomic mass is 9.73. The third-order valence-electron chi connectivity index (χ3n) is 8.34. The molecule has 36 heavy (non-hydrogen) atoms. The Morgan fingerprint density at radius 2 is 1.89 bits per heavy atom. The predicted molar refractivity (Wildman–Crippen MR) is 148 cm³/mol. The molecule has 7 rings (SSSR count). The summed E-state index contributed by atoms with van der Waals surface area (Å²) in [7, 11) is 0. The van der Waals surface area contributed by atoms with E-state index in [1.54, 1.807) is 11.8 Å². The molecule has 0 radical (unpaired) electrons. The van der Waals surface area contributed by atoms with Crippen LogP contribution in [0.5, 0.6) is 0 Å². The van der Waals surface area contributed by atoms with E-state index in [-0.39, 0.29) is 11.5 Å². The minimum absolute atomic E-state index is 0.123. The molecule has 1 saturated heterocycles. The Balaban J connectivity index is 1.17. The topological polar surface area (TPSA) is 59.5 Å². The predicted octanol–water partition coefficient (Wildman–Crippen LogP) is 6.53. The number of fused-ring (bicyclic) bond motifs is 1. The van der Waals surface area contributed by atoms with Crippen molar-refractivity contribution in [3.63, 3.8) is 0 Å². The molecule has 7 heteroatoms. The zero-order valence-electron chi connectivity index (χ0n) is 20.2. The van der Waals surface area contributed by atoms with Crippen LogP contribution in [0.3, 0.4) is 0 Å². The van der Waals surface area contributed by atoms with Crippen molar-refractivity contribution in [3.8, 4) is 0 Å². The Morgan fingerprint density at radius 3 is 2.69 bits per heavy atom. The van der Waals surface area contributed by atoms with Gasteiger partial charge >= 0.3 is 0 Å². The van der Waals surface area contributed by atoms with Crippen molar-refractivity contribution in [1.82, 2.24) is 14.4 Å². The quantitative estimate of drug-likeness (QED) is 0.296. The summed E-state index contributed by atoms with van der Waals surface area (Å²) in [6.45, 7) is 4.05. The van der Waals surface area contributed by atoms with E-state index in [1.807, 2.05) is 6.20 Å². The number of hydrogen-bond acceptors (Lipinski definition) is 5. The van der Waals surface area contributed by atoms with Gasteiger partial charge in [0.1, 0.15) is 11.2 Å². The minimum atomic E-state index is 0.123. The summed E-state index contributed by atoms with van der Waals surface area (Å²) in [5.41, 5.74) is 13.8. The van der Waals surface area contributed by atoms with Gasteiger partial charge in [-0.3, -0.25) is 4.40 Å². The molecule has 2 aromatic carbocycles. The van der Waals surface area contributed by atoms with Gasteiger partial charge < -0.3 is 10.6 Å². The van der Waals surface area contributed by atoms with Crippen LogP contribution in [0.1, 0.15) is 42.5 Å². The molecular formula is C29H28ClN5S. The van der Waals surface area contributed by atoms with Crippen molar-refractivity contribution in [3.05, 3.63) is 82.5 Å². The van der Waals surface area contributed by atoms with E-state index in [2.05, 4.69) is 70.8 Å². The highest BCUT2D eigenvalue weighted by atomic mass is 35.5. The van der Waals surface area contributed by atoms with E-state index in [0.29, 0.717) is 0 Å². The molecule has 2 N–H and O–H groups in total. The van der Waals surface area contributed by atoms with Gasteiger partial charge in [0.2, 0.25) is 0 Å². The maximum atomic E-state index is 6.80. The molecule has 1 fully saturated rings. The second-order valence-corrected chi connectivity index (χ2v) is 11.6. The molecule has 1 aliphatic heterocycles. The highest BCUT2D eigenvalue weighted by molar-refractivity contribution is 7.99. The van der Waals surface area contributed by atoms with Crippen LogP contribution in [0.25, 0.3) is 16.8 Å². The molecule has 3 aromatic heterocycles. The number of imidazole rings is 2. The molecule has 1 unspecified atom stereocenters. The van der Waals surface area contributed by atoms with Gasteiger partial charge in [-0.15, -0.1) is 0 Å². The summed E-state index contributed by atoms with van der Waals surface area (Å²) in [5, 5.41) is 0.834. The van der Waals surface area contributed by atoms with E-state index in [0.717, 1.165) is 76.2 Å². The fraction of sp³-hybridized carbons (Fsp3) is 0.310. The normalized spacial score (nSPS) is 19.1. The second-order valence-electron chi connectivity index (χ2n) is 10.2. The van der Waals surface area contributed by atoms with Crippen molar-refractivity contribution >= 4 is 46.0 Å². The highest BCUT2D eigenvalue weighted by Gasteiger charge is 2.46. The monoisotopic (exact) mass is 513 g/mol. The number of rotatable bonds is 4. The van der Waals surface area contributed by atoms with Gasteiger partial charge in [-0.05, 0) is 66.0 Å². The van der Waals surface area contributed by atoms with E-state index >= 15 is 0 Å². The van der Waals surface area contributed by atoms with Gasteiger partial charge in [-0.1, -0.05) is 66.7 Å². The number of piperidine rings is 1. The maximum Gasteiger partial charge on any atom is 0.157 e. The summed E-state index contributed by atoms with van der Waals surface area (Å²) >= 11 is 8.36. The fourth-order valence-corrected chi connectivity index (χ4v) is 7.63. The lowest BCUT2D eigenvalue weighted by Crippen LogP contribution is -2.44. The zero-order valence-corrected chi connectivity index (χ0v) is 21.8. The Bertz CT molecular complexity index is 1590. The molecular weight excluding hydrogens is 486 g/mol. The number of nitrogens with two attached hydrogens (primary N) is 1. The first-order valence-corrected chi connectivity index (χ1v) is 13.9. The third-order valence-corrected chi connectivity index (χ3v) is 10.00. The summed E-state index contributed by atoms with van der Waals surface area (Å²) in [4.78, 5) is 14.4. The molecule has 0 saturated carbocycles. The van der Waals surface area contributed by atoms with Crippen molar-refractivity contribution in [2.75, 3.05) is 18.0 Å². The van der Waals surface area contributed by atoms with Gasteiger partial charge in [0, 0.05) is 24.0 Å². The SMILES string of the molecule is CCc1cccc(Sc2ccc3nc(N4CCC5(CC4)Cc4ccccc4C5N)c4cnc2n34)c1Cl. The number of aromatic nitrogens is 3. The summed E-state index contributed by atoms with van der Waals surface area (Å²) in [6.07, 6.45) is 6.13. The van der Waals surface area contributed by atoms with E-state index in [9.17, 15) is 0 Å². The lowest BCUT2D eigenvalue weighted by Gasteiger charge is -2.42.